The van der Waals surface area contributed by atoms with Gasteiger partial charge in [0.05, 0.1) is 31.1 Å². The molecule has 124 valence electrons. The summed E-state index contributed by atoms with van der Waals surface area (Å²) in [6, 6.07) is -0.0722. The van der Waals surface area contributed by atoms with Gasteiger partial charge >= 0.3 is 0 Å². The van der Waals surface area contributed by atoms with Crippen LogP contribution in [-0.2, 0) is 10.2 Å². The first-order valence-corrected chi connectivity index (χ1v) is 8.45. The molecule has 0 radical (unpaired) electrons. The molecule has 0 unspecified atom stereocenters. The first-order valence-electron chi connectivity index (χ1n) is 8.45. The molecule has 2 fully saturated rings. The molecule has 1 saturated heterocycles. The van der Waals surface area contributed by atoms with Crippen molar-refractivity contribution >= 4 is 11.5 Å². The molecule has 2 aliphatic rings. The van der Waals surface area contributed by atoms with Crippen molar-refractivity contribution in [2.45, 2.75) is 56.6 Å². The quantitative estimate of drug-likeness (QED) is 0.889. The molecule has 7 nitrogen and oxygen atoms in total. The van der Waals surface area contributed by atoms with Crippen LogP contribution in [0.2, 0.25) is 0 Å². The molecular formula is C16H23N5O2. The Bertz CT molecular complexity index is 691. The minimum atomic E-state index is -0.529. The van der Waals surface area contributed by atoms with Crippen molar-refractivity contribution in [1.29, 1.82) is 0 Å². The minimum Gasteiger partial charge on any atom is -0.389 e. The van der Waals surface area contributed by atoms with Gasteiger partial charge in [0.15, 0.2) is 0 Å². The molecule has 23 heavy (non-hydrogen) atoms. The summed E-state index contributed by atoms with van der Waals surface area (Å²) >= 11 is 0. The molecule has 2 aromatic rings. The van der Waals surface area contributed by atoms with E-state index >= 15 is 0 Å². The van der Waals surface area contributed by atoms with E-state index in [4.69, 9.17) is 4.74 Å². The standard InChI is InChI=1S/C16H23N5O2/c1-2-16(5-3-6-16)14-17-8-11-9-18-15(20-21(11)14)19-12-4-7-23-10-13(12)22/h8-9,12-13,22H,2-7,10H2,1H3,(H,19,20)/t12-,13-/m1/s1. The Kier molecular flexibility index (Phi) is 3.69. The molecule has 0 aromatic carbocycles. The number of imidazole rings is 1. The van der Waals surface area contributed by atoms with Gasteiger partial charge in [-0.25, -0.2) is 14.5 Å². The maximum absolute atomic E-state index is 10.0. The number of nitrogens with one attached hydrogen (secondary N) is 1. The topological polar surface area (TPSA) is 84.6 Å². The number of hydrogen-bond acceptors (Lipinski definition) is 6. The fourth-order valence-corrected chi connectivity index (χ4v) is 3.62. The Labute approximate surface area is 135 Å². The number of aliphatic hydroxyl groups is 1. The third kappa shape index (κ3) is 2.48. The molecule has 0 spiro atoms. The molecule has 2 N–H and O–H groups in total. The Morgan fingerprint density at radius 1 is 1.39 bits per heavy atom. The average Bonchev–Trinajstić information content (AvgIpc) is 2.93. The second-order valence-corrected chi connectivity index (χ2v) is 6.67. The number of aliphatic hydroxyl groups excluding tert-OH is 1. The highest BCUT2D eigenvalue weighted by Crippen LogP contribution is 2.45. The molecule has 1 aliphatic carbocycles. The fourth-order valence-electron chi connectivity index (χ4n) is 3.62. The molecule has 7 heteroatoms. The average molecular weight is 317 g/mol. The Hall–Kier alpha value is -1.73. The number of rotatable bonds is 4. The lowest BCUT2D eigenvalue weighted by molar-refractivity contribution is -0.0136. The van der Waals surface area contributed by atoms with E-state index in [1.807, 2.05) is 10.7 Å². The van der Waals surface area contributed by atoms with Crippen LogP contribution in [0, 0.1) is 0 Å². The summed E-state index contributed by atoms with van der Waals surface area (Å²) in [5, 5.41) is 17.9. The van der Waals surface area contributed by atoms with Crippen LogP contribution in [0.4, 0.5) is 5.95 Å². The lowest BCUT2D eigenvalue weighted by Gasteiger charge is -2.39. The van der Waals surface area contributed by atoms with E-state index in [1.54, 1.807) is 6.20 Å². The van der Waals surface area contributed by atoms with E-state index in [0.29, 0.717) is 19.2 Å². The monoisotopic (exact) mass is 317 g/mol. The van der Waals surface area contributed by atoms with Crippen LogP contribution in [0.25, 0.3) is 5.52 Å². The van der Waals surface area contributed by atoms with Crippen molar-refractivity contribution < 1.29 is 9.84 Å². The third-order valence-electron chi connectivity index (χ3n) is 5.38. The molecule has 4 rings (SSSR count). The zero-order chi connectivity index (χ0) is 15.9. The zero-order valence-electron chi connectivity index (χ0n) is 13.4. The van der Waals surface area contributed by atoms with Gasteiger partial charge in [0, 0.05) is 12.0 Å². The van der Waals surface area contributed by atoms with Crippen LogP contribution in [-0.4, -0.2) is 50.0 Å². The Morgan fingerprint density at radius 3 is 2.91 bits per heavy atom. The fraction of sp³-hybridized carbons (Fsp3) is 0.688. The molecule has 1 aliphatic heterocycles. The van der Waals surface area contributed by atoms with Gasteiger partial charge in [0.25, 0.3) is 0 Å². The number of ether oxygens (including phenoxy) is 1. The van der Waals surface area contributed by atoms with Crippen molar-refractivity contribution in [2.75, 3.05) is 18.5 Å². The van der Waals surface area contributed by atoms with E-state index in [9.17, 15) is 5.11 Å². The predicted octanol–water partition coefficient (Wildman–Crippen LogP) is 1.52. The molecule has 3 heterocycles. The van der Waals surface area contributed by atoms with Crippen LogP contribution in [0.15, 0.2) is 12.4 Å². The van der Waals surface area contributed by atoms with Crippen molar-refractivity contribution in [3.63, 3.8) is 0 Å². The molecular weight excluding hydrogens is 294 g/mol. The van der Waals surface area contributed by atoms with Crippen molar-refractivity contribution in [3.05, 3.63) is 18.2 Å². The van der Waals surface area contributed by atoms with Crippen LogP contribution in [0.5, 0.6) is 0 Å². The number of anilines is 1. The first-order chi connectivity index (χ1) is 11.2. The van der Waals surface area contributed by atoms with E-state index in [1.165, 1.54) is 19.3 Å². The van der Waals surface area contributed by atoms with Crippen molar-refractivity contribution in [1.82, 2.24) is 19.6 Å². The minimum absolute atomic E-state index is 0.0722. The molecule has 2 atom stereocenters. The normalized spacial score (nSPS) is 26.9. The molecule has 0 amide bonds. The summed E-state index contributed by atoms with van der Waals surface area (Å²) < 4.78 is 7.18. The summed E-state index contributed by atoms with van der Waals surface area (Å²) in [5.41, 5.74) is 1.08. The predicted molar refractivity (Wildman–Crippen MR) is 85.5 cm³/mol. The smallest absolute Gasteiger partial charge is 0.241 e. The van der Waals surface area contributed by atoms with E-state index in [0.717, 1.165) is 24.2 Å². The first kappa shape index (κ1) is 14.8. The van der Waals surface area contributed by atoms with Gasteiger partial charge in [-0.2, -0.15) is 0 Å². The highest BCUT2D eigenvalue weighted by Gasteiger charge is 2.40. The van der Waals surface area contributed by atoms with Gasteiger partial charge in [-0.3, -0.25) is 0 Å². The van der Waals surface area contributed by atoms with Crippen LogP contribution in [0.1, 0.15) is 44.9 Å². The summed E-state index contributed by atoms with van der Waals surface area (Å²) in [4.78, 5) is 8.99. The van der Waals surface area contributed by atoms with Crippen molar-refractivity contribution in [2.24, 2.45) is 0 Å². The van der Waals surface area contributed by atoms with Gasteiger partial charge in [-0.1, -0.05) is 13.3 Å². The number of hydrogen-bond donors (Lipinski definition) is 2. The van der Waals surface area contributed by atoms with Gasteiger partial charge in [-0.15, -0.1) is 5.10 Å². The SMILES string of the molecule is CCC1(c2ncc3cnc(N[C@@H]4CCOC[C@H]4O)nn23)CCC1. The highest BCUT2D eigenvalue weighted by atomic mass is 16.5. The number of fused-ring (bicyclic) bond motifs is 1. The molecule has 0 bridgehead atoms. The highest BCUT2D eigenvalue weighted by molar-refractivity contribution is 5.45. The largest absolute Gasteiger partial charge is 0.389 e. The molecule has 1 saturated carbocycles. The lowest BCUT2D eigenvalue weighted by atomic mass is 9.66. The van der Waals surface area contributed by atoms with Gasteiger partial charge in [-0.05, 0) is 25.7 Å². The van der Waals surface area contributed by atoms with E-state index < -0.39 is 6.10 Å². The van der Waals surface area contributed by atoms with E-state index in [2.05, 4.69) is 27.3 Å². The Morgan fingerprint density at radius 2 is 2.22 bits per heavy atom. The second kappa shape index (κ2) is 5.72. The van der Waals surface area contributed by atoms with Gasteiger partial charge < -0.3 is 15.2 Å². The summed E-state index contributed by atoms with van der Waals surface area (Å²) in [5.74, 6) is 1.58. The van der Waals surface area contributed by atoms with Gasteiger partial charge in [0.1, 0.15) is 11.3 Å². The van der Waals surface area contributed by atoms with E-state index in [-0.39, 0.29) is 11.5 Å². The van der Waals surface area contributed by atoms with Crippen molar-refractivity contribution in [3.8, 4) is 0 Å². The zero-order valence-corrected chi connectivity index (χ0v) is 13.4. The van der Waals surface area contributed by atoms with Crippen LogP contribution >= 0.6 is 0 Å². The maximum Gasteiger partial charge on any atom is 0.241 e. The van der Waals surface area contributed by atoms with Crippen LogP contribution < -0.4 is 5.32 Å². The van der Waals surface area contributed by atoms with Crippen LogP contribution in [0.3, 0.4) is 0 Å². The number of aromatic nitrogens is 4. The summed E-state index contributed by atoms with van der Waals surface area (Å²) in [7, 11) is 0. The summed E-state index contributed by atoms with van der Waals surface area (Å²) in [6.45, 7) is 3.22. The number of nitrogens with zero attached hydrogens (tertiary/aromatic N) is 4. The lowest BCUT2D eigenvalue weighted by Crippen LogP contribution is -2.42. The molecule has 2 aromatic heterocycles. The maximum atomic E-state index is 10.0. The third-order valence-corrected chi connectivity index (χ3v) is 5.38. The Balaban J connectivity index is 1.64. The van der Waals surface area contributed by atoms with Gasteiger partial charge in [0.2, 0.25) is 5.95 Å². The second-order valence-electron chi connectivity index (χ2n) is 6.67. The summed E-state index contributed by atoms with van der Waals surface area (Å²) in [6.07, 6.45) is 8.54.